The Balaban J connectivity index is 1.45. The van der Waals surface area contributed by atoms with E-state index in [-0.39, 0.29) is 5.75 Å². The molecule has 5 rings (SSSR count). The van der Waals surface area contributed by atoms with E-state index in [0.29, 0.717) is 41.9 Å². The minimum Gasteiger partial charge on any atom is -0.507 e. The van der Waals surface area contributed by atoms with Crippen LogP contribution in [0.1, 0.15) is 0 Å². The van der Waals surface area contributed by atoms with E-state index in [9.17, 15) is 5.11 Å². The standard InChI is InChI=1S/C28H22N4O2/c33-25-20-23(34-19-18-32-16-8-3-9-17-32)14-15-24(25)28-30-26(21-10-4-1-5-11-21)29-27(31-28)22-12-6-2-7-13-22/h1-17,20H,18-19H2/p+1. The van der Waals surface area contributed by atoms with Gasteiger partial charge in [-0.3, -0.25) is 0 Å². The zero-order valence-electron chi connectivity index (χ0n) is 18.5. The van der Waals surface area contributed by atoms with Gasteiger partial charge in [-0.05, 0) is 12.1 Å². The molecule has 0 aliphatic heterocycles. The van der Waals surface area contributed by atoms with Gasteiger partial charge in [0.1, 0.15) is 18.1 Å². The van der Waals surface area contributed by atoms with E-state index in [0.717, 1.165) is 11.1 Å². The van der Waals surface area contributed by atoms with Crippen molar-refractivity contribution in [1.82, 2.24) is 15.0 Å². The molecule has 5 aromatic rings. The van der Waals surface area contributed by atoms with E-state index in [4.69, 9.17) is 4.74 Å². The zero-order valence-corrected chi connectivity index (χ0v) is 18.5. The number of ether oxygens (including phenoxy) is 1. The van der Waals surface area contributed by atoms with E-state index in [1.54, 1.807) is 12.1 Å². The first-order chi connectivity index (χ1) is 16.8. The molecule has 0 unspecified atom stereocenters. The van der Waals surface area contributed by atoms with Gasteiger partial charge in [0.15, 0.2) is 36.4 Å². The molecule has 0 saturated heterocycles. The summed E-state index contributed by atoms with van der Waals surface area (Å²) in [6, 6.07) is 30.6. The Morgan fingerprint density at radius 2 is 1.21 bits per heavy atom. The molecule has 166 valence electrons. The summed E-state index contributed by atoms with van der Waals surface area (Å²) in [5, 5.41) is 10.8. The second-order valence-corrected chi connectivity index (χ2v) is 7.68. The fourth-order valence-corrected chi connectivity index (χ4v) is 3.57. The molecule has 0 aliphatic rings. The van der Waals surface area contributed by atoms with Crippen LogP contribution < -0.4 is 9.30 Å². The van der Waals surface area contributed by atoms with Crippen LogP contribution in [0.2, 0.25) is 0 Å². The molecule has 2 heterocycles. The monoisotopic (exact) mass is 447 g/mol. The van der Waals surface area contributed by atoms with Crippen molar-refractivity contribution >= 4 is 0 Å². The van der Waals surface area contributed by atoms with Crippen molar-refractivity contribution in [3.8, 4) is 45.7 Å². The first kappa shape index (κ1) is 21.3. The Labute approximate surface area is 197 Å². The molecule has 0 saturated carbocycles. The highest BCUT2D eigenvalue weighted by molar-refractivity contribution is 5.70. The lowest BCUT2D eigenvalue weighted by Gasteiger charge is -2.10. The summed E-state index contributed by atoms with van der Waals surface area (Å²) < 4.78 is 7.87. The summed E-state index contributed by atoms with van der Waals surface area (Å²) in [6.45, 7) is 1.19. The van der Waals surface area contributed by atoms with Crippen LogP contribution in [-0.4, -0.2) is 26.7 Å². The summed E-state index contributed by atoms with van der Waals surface area (Å²) in [5.41, 5.74) is 2.27. The molecule has 6 heteroatoms. The van der Waals surface area contributed by atoms with Crippen molar-refractivity contribution < 1.29 is 14.4 Å². The third-order valence-electron chi connectivity index (χ3n) is 5.31. The number of phenols is 1. The summed E-state index contributed by atoms with van der Waals surface area (Å²) in [4.78, 5) is 14.0. The molecule has 0 radical (unpaired) electrons. The number of phenolic OH excluding ortho intramolecular Hbond substituents is 1. The molecule has 1 N–H and O–H groups in total. The Morgan fingerprint density at radius 3 is 1.79 bits per heavy atom. The van der Waals surface area contributed by atoms with Gasteiger partial charge in [-0.25, -0.2) is 19.5 Å². The largest absolute Gasteiger partial charge is 0.507 e. The fourth-order valence-electron chi connectivity index (χ4n) is 3.57. The van der Waals surface area contributed by atoms with Crippen molar-refractivity contribution in [1.29, 1.82) is 0 Å². The smallest absolute Gasteiger partial charge is 0.182 e. The third kappa shape index (κ3) is 4.91. The maximum Gasteiger partial charge on any atom is 0.182 e. The van der Waals surface area contributed by atoms with E-state index in [2.05, 4.69) is 15.0 Å². The Bertz CT molecular complexity index is 1320. The number of benzene rings is 3. The molecule has 0 atom stereocenters. The predicted molar refractivity (Wildman–Crippen MR) is 130 cm³/mol. The number of hydrogen-bond acceptors (Lipinski definition) is 5. The minimum absolute atomic E-state index is 0.0501. The number of rotatable bonds is 7. The number of aromatic hydroxyl groups is 1. The van der Waals surface area contributed by atoms with E-state index >= 15 is 0 Å². The molecule has 0 fully saturated rings. The van der Waals surface area contributed by atoms with Crippen molar-refractivity contribution in [2.45, 2.75) is 6.54 Å². The average Bonchev–Trinajstić information content (AvgIpc) is 2.90. The van der Waals surface area contributed by atoms with Crippen LogP contribution in [0, 0.1) is 0 Å². The van der Waals surface area contributed by atoms with Crippen LogP contribution >= 0.6 is 0 Å². The van der Waals surface area contributed by atoms with Crippen LogP contribution in [0.5, 0.6) is 11.5 Å². The van der Waals surface area contributed by atoms with Gasteiger partial charge < -0.3 is 9.84 Å². The SMILES string of the molecule is Oc1cc(OCC[n+]2ccccc2)ccc1-c1nc(-c2ccccc2)nc(-c2ccccc2)n1. The lowest BCUT2D eigenvalue weighted by molar-refractivity contribution is -0.697. The highest BCUT2D eigenvalue weighted by Crippen LogP contribution is 2.32. The second kappa shape index (κ2) is 9.92. The van der Waals surface area contributed by atoms with Gasteiger partial charge >= 0.3 is 0 Å². The molecule has 34 heavy (non-hydrogen) atoms. The maximum absolute atomic E-state index is 10.8. The predicted octanol–water partition coefficient (Wildman–Crippen LogP) is 4.94. The van der Waals surface area contributed by atoms with Gasteiger partial charge in [-0.1, -0.05) is 66.7 Å². The zero-order chi connectivity index (χ0) is 23.2. The number of pyridine rings is 1. The van der Waals surface area contributed by atoms with Crippen LogP contribution in [0.3, 0.4) is 0 Å². The first-order valence-corrected chi connectivity index (χ1v) is 11.0. The van der Waals surface area contributed by atoms with E-state index < -0.39 is 0 Å². The molecule has 6 nitrogen and oxygen atoms in total. The van der Waals surface area contributed by atoms with Crippen molar-refractivity contribution in [3.05, 3.63) is 109 Å². The van der Waals surface area contributed by atoms with Gasteiger partial charge in [0, 0.05) is 29.3 Å². The molecular weight excluding hydrogens is 424 g/mol. The summed E-state index contributed by atoms with van der Waals surface area (Å²) >= 11 is 0. The van der Waals surface area contributed by atoms with Crippen molar-refractivity contribution in [2.24, 2.45) is 0 Å². The number of hydrogen-bond donors (Lipinski definition) is 1. The third-order valence-corrected chi connectivity index (χ3v) is 5.31. The Hall–Kier alpha value is -4.58. The van der Waals surface area contributed by atoms with Gasteiger partial charge in [-0.2, -0.15) is 0 Å². The maximum atomic E-state index is 10.8. The molecule has 2 aromatic heterocycles. The highest BCUT2D eigenvalue weighted by atomic mass is 16.5. The molecule has 0 spiro atoms. The second-order valence-electron chi connectivity index (χ2n) is 7.68. The van der Waals surface area contributed by atoms with Crippen LogP contribution in [0.15, 0.2) is 109 Å². The fraction of sp³-hybridized carbons (Fsp3) is 0.0714. The van der Waals surface area contributed by atoms with Crippen LogP contribution in [0.4, 0.5) is 0 Å². The van der Waals surface area contributed by atoms with Crippen molar-refractivity contribution in [2.75, 3.05) is 6.61 Å². The van der Waals surface area contributed by atoms with Crippen molar-refractivity contribution in [3.63, 3.8) is 0 Å². The van der Waals surface area contributed by atoms with Gasteiger partial charge in [0.2, 0.25) is 0 Å². The summed E-state index contributed by atoms with van der Waals surface area (Å²) in [5.74, 6) is 2.12. The average molecular weight is 448 g/mol. The minimum atomic E-state index is 0.0501. The number of nitrogens with zero attached hydrogens (tertiary/aromatic N) is 4. The molecule has 0 bridgehead atoms. The topological polar surface area (TPSA) is 72.0 Å². The molecule has 0 amide bonds. The molecular formula is C28H23N4O2+. The van der Waals surface area contributed by atoms with Gasteiger partial charge in [-0.15, -0.1) is 0 Å². The Kier molecular flexibility index (Phi) is 6.21. The van der Waals surface area contributed by atoms with Gasteiger partial charge in [0.05, 0.1) is 5.56 Å². The first-order valence-electron chi connectivity index (χ1n) is 11.0. The normalized spacial score (nSPS) is 10.7. The lowest BCUT2D eigenvalue weighted by Crippen LogP contribution is -2.35. The molecule has 3 aromatic carbocycles. The molecule has 0 aliphatic carbocycles. The quantitative estimate of drug-likeness (QED) is 0.358. The van der Waals surface area contributed by atoms with Crippen LogP contribution in [0.25, 0.3) is 34.2 Å². The van der Waals surface area contributed by atoms with E-state index in [1.165, 1.54) is 0 Å². The lowest BCUT2D eigenvalue weighted by atomic mass is 10.1. The highest BCUT2D eigenvalue weighted by Gasteiger charge is 2.15. The van der Waals surface area contributed by atoms with Gasteiger partial charge in [0.25, 0.3) is 0 Å². The van der Waals surface area contributed by atoms with E-state index in [1.807, 2.05) is 102 Å². The Morgan fingerprint density at radius 1 is 0.647 bits per heavy atom. The number of aromatic nitrogens is 4. The van der Waals surface area contributed by atoms with Crippen LogP contribution in [-0.2, 0) is 6.54 Å². The summed E-state index contributed by atoms with van der Waals surface area (Å²) in [7, 11) is 0. The summed E-state index contributed by atoms with van der Waals surface area (Å²) in [6.07, 6.45) is 3.97.